The molecule has 98 valence electrons. The van der Waals surface area contributed by atoms with E-state index in [9.17, 15) is 0 Å². The van der Waals surface area contributed by atoms with E-state index in [1.165, 1.54) is 62.3 Å². The second-order valence-electron chi connectivity index (χ2n) is 5.68. The number of nitrogens with one attached hydrogen (secondary N) is 1. The van der Waals surface area contributed by atoms with Gasteiger partial charge in [-0.3, -0.25) is 4.99 Å². The Hall–Kier alpha value is -0.180. The van der Waals surface area contributed by atoms with Crippen molar-refractivity contribution in [2.75, 3.05) is 5.75 Å². The van der Waals surface area contributed by atoms with E-state index in [1.54, 1.807) is 0 Å². The van der Waals surface area contributed by atoms with Gasteiger partial charge in [0.2, 0.25) is 0 Å². The summed E-state index contributed by atoms with van der Waals surface area (Å²) in [6, 6.07) is 0.494. The lowest BCUT2D eigenvalue weighted by atomic mass is 10.0. The van der Waals surface area contributed by atoms with E-state index >= 15 is 0 Å². The molecule has 0 aromatic carbocycles. The Balaban J connectivity index is 1.78. The van der Waals surface area contributed by atoms with E-state index < -0.39 is 0 Å². The molecule has 0 amide bonds. The summed E-state index contributed by atoms with van der Waals surface area (Å²) >= 11 is 1.94. The maximum absolute atomic E-state index is 4.84. The molecular weight excluding hydrogens is 228 g/mol. The van der Waals surface area contributed by atoms with Crippen LogP contribution in [0.4, 0.5) is 0 Å². The van der Waals surface area contributed by atoms with Gasteiger partial charge in [0.25, 0.3) is 0 Å². The Kier molecular flexibility index (Phi) is 4.78. The number of thioether (sulfide) groups is 1. The zero-order valence-corrected chi connectivity index (χ0v) is 12.1. The summed E-state index contributed by atoms with van der Waals surface area (Å²) in [5, 5.41) is 4.92. The van der Waals surface area contributed by atoms with Crippen molar-refractivity contribution in [2.45, 2.75) is 76.8 Å². The summed E-state index contributed by atoms with van der Waals surface area (Å²) < 4.78 is 0. The quantitative estimate of drug-likeness (QED) is 0.751. The van der Waals surface area contributed by atoms with Crippen LogP contribution in [0.1, 0.15) is 65.2 Å². The fraction of sp³-hybridized carbons (Fsp3) is 0.929. The molecule has 1 atom stereocenters. The van der Waals surface area contributed by atoms with Crippen LogP contribution in [0.2, 0.25) is 0 Å². The Morgan fingerprint density at radius 2 is 2.12 bits per heavy atom. The third kappa shape index (κ3) is 3.64. The van der Waals surface area contributed by atoms with Crippen LogP contribution in [0.15, 0.2) is 4.99 Å². The highest BCUT2D eigenvalue weighted by atomic mass is 32.2. The minimum atomic E-state index is 0.423. The molecule has 1 aliphatic heterocycles. The Morgan fingerprint density at radius 3 is 2.82 bits per heavy atom. The summed E-state index contributed by atoms with van der Waals surface area (Å²) in [7, 11) is 0. The normalized spacial score (nSPS) is 26.6. The van der Waals surface area contributed by atoms with Crippen LogP contribution in [0, 0.1) is 0 Å². The fourth-order valence-corrected chi connectivity index (χ4v) is 4.17. The minimum absolute atomic E-state index is 0.423. The Bertz CT molecular complexity index is 269. The number of hydrogen-bond acceptors (Lipinski definition) is 2. The molecule has 1 saturated carbocycles. The standard InChI is InChI=1S/C14H26N2S/c1-3-4-5-8-12(2)15-13-16-14(11-17-13)9-6-7-10-14/h12H,3-11H2,1-2H3,(H,15,16). The first kappa shape index (κ1) is 13.3. The third-order valence-corrected chi connectivity index (χ3v) is 5.16. The van der Waals surface area contributed by atoms with E-state index in [1.807, 2.05) is 11.8 Å². The molecule has 0 aromatic heterocycles. The zero-order chi connectivity index (χ0) is 12.1. The van der Waals surface area contributed by atoms with Crippen molar-refractivity contribution in [2.24, 2.45) is 4.99 Å². The van der Waals surface area contributed by atoms with Gasteiger partial charge in [0.1, 0.15) is 0 Å². The van der Waals surface area contributed by atoms with Gasteiger partial charge in [0.05, 0.1) is 0 Å². The van der Waals surface area contributed by atoms with Crippen molar-refractivity contribution in [1.29, 1.82) is 0 Å². The molecule has 0 aromatic rings. The summed E-state index contributed by atoms with van der Waals surface area (Å²) in [6.07, 6.45) is 10.7. The van der Waals surface area contributed by atoms with E-state index in [-0.39, 0.29) is 0 Å². The second kappa shape index (κ2) is 6.12. The van der Waals surface area contributed by atoms with Gasteiger partial charge in [0, 0.05) is 17.3 Å². The predicted molar refractivity (Wildman–Crippen MR) is 77.8 cm³/mol. The molecule has 1 heterocycles. The van der Waals surface area contributed by atoms with Crippen LogP contribution in [-0.2, 0) is 0 Å². The van der Waals surface area contributed by atoms with Crippen molar-refractivity contribution in [3.05, 3.63) is 0 Å². The van der Waals surface area contributed by atoms with Gasteiger partial charge in [-0.2, -0.15) is 0 Å². The van der Waals surface area contributed by atoms with Crippen LogP contribution in [-0.4, -0.2) is 22.5 Å². The molecule has 3 heteroatoms. The number of rotatable bonds is 5. The van der Waals surface area contributed by atoms with Gasteiger partial charge in [-0.1, -0.05) is 50.8 Å². The van der Waals surface area contributed by atoms with Crippen LogP contribution in [0.3, 0.4) is 0 Å². The number of hydrogen-bond donors (Lipinski definition) is 1. The van der Waals surface area contributed by atoms with Gasteiger partial charge in [-0.15, -0.1) is 0 Å². The van der Waals surface area contributed by atoms with Crippen molar-refractivity contribution in [1.82, 2.24) is 5.32 Å². The van der Waals surface area contributed by atoms with Crippen LogP contribution < -0.4 is 5.32 Å². The molecule has 1 spiro atoms. The lowest BCUT2D eigenvalue weighted by Crippen LogP contribution is -2.40. The van der Waals surface area contributed by atoms with Gasteiger partial charge in [-0.05, 0) is 26.2 Å². The third-order valence-electron chi connectivity index (χ3n) is 3.98. The van der Waals surface area contributed by atoms with Crippen molar-refractivity contribution < 1.29 is 0 Å². The molecule has 2 nitrogen and oxygen atoms in total. The van der Waals surface area contributed by atoms with Crippen molar-refractivity contribution in [3.8, 4) is 0 Å². The van der Waals surface area contributed by atoms with E-state index in [2.05, 4.69) is 19.2 Å². The van der Waals surface area contributed by atoms with Crippen LogP contribution in [0.25, 0.3) is 0 Å². The van der Waals surface area contributed by atoms with Gasteiger partial charge in [-0.25, -0.2) is 0 Å². The summed E-state index contributed by atoms with van der Waals surface area (Å²) in [6.45, 7) is 4.51. The topological polar surface area (TPSA) is 24.4 Å². The van der Waals surface area contributed by atoms with E-state index in [0.717, 1.165) is 0 Å². The molecule has 1 saturated heterocycles. The summed E-state index contributed by atoms with van der Waals surface area (Å²) in [5.74, 6) is 1.24. The van der Waals surface area contributed by atoms with E-state index in [0.29, 0.717) is 11.6 Å². The van der Waals surface area contributed by atoms with Crippen LogP contribution in [0.5, 0.6) is 0 Å². The lowest BCUT2D eigenvalue weighted by Gasteiger charge is -2.22. The molecular formula is C14H26N2S. The first-order valence-corrected chi connectivity index (χ1v) is 8.21. The summed E-state index contributed by atoms with van der Waals surface area (Å²) in [5.41, 5.74) is 0.423. The predicted octanol–water partition coefficient (Wildman–Crippen LogP) is 3.96. The zero-order valence-electron chi connectivity index (χ0n) is 11.3. The van der Waals surface area contributed by atoms with Crippen molar-refractivity contribution >= 4 is 16.9 Å². The number of amidine groups is 1. The fourth-order valence-electron chi connectivity index (χ4n) is 2.85. The van der Waals surface area contributed by atoms with E-state index in [4.69, 9.17) is 4.99 Å². The molecule has 2 aliphatic rings. The highest BCUT2D eigenvalue weighted by Crippen LogP contribution is 2.37. The van der Waals surface area contributed by atoms with Gasteiger partial charge < -0.3 is 5.32 Å². The Morgan fingerprint density at radius 1 is 1.35 bits per heavy atom. The van der Waals surface area contributed by atoms with Crippen LogP contribution >= 0.6 is 11.8 Å². The highest BCUT2D eigenvalue weighted by Gasteiger charge is 2.39. The largest absolute Gasteiger partial charge is 0.359 e. The van der Waals surface area contributed by atoms with Crippen molar-refractivity contribution in [3.63, 3.8) is 0 Å². The first-order chi connectivity index (χ1) is 8.24. The maximum Gasteiger partial charge on any atom is 0.157 e. The lowest BCUT2D eigenvalue weighted by molar-refractivity contribution is 0.451. The first-order valence-electron chi connectivity index (χ1n) is 7.23. The Labute approximate surface area is 110 Å². The van der Waals surface area contributed by atoms with Gasteiger partial charge in [0.15, 0.2) is 5.17 Å². The number of unbranched alkanes of at least 4 members (excludes halogenated alkanes) is 2. The number of aliphatic imine (C=N–C) groups is 1. The second-order valence-corrected chi connectivity index (χ2v) is 6.64. The average Bonchev–Trinajstić information content (AvgIpc) is 2.91. The minimum Gasteiger partial charge on any atom is -0.359 e. The summed E-state index contributed by atoms with van der Waals surface area (Å²) in [4.78, 5) is 4.84. The SMILES string of the molecule is CCCCCC(C)N=C1NC2(CCCC2)CS1. The van der Waals surface area contributed by atoms with Gasteiger partial charge >= 0.3 is 0 Å². The monoisotopic (exact) mass is 254 g/mol. The number of nitrogens with zero attached hydrogens (tertiary/aromatic N) is 1. The molecule has 0 radical (unpaired) electrons. The molecule has 1 aliphatic carbocycles. The molecule has 2 rings (SSSR count). The molecule has 17 heavy (non-hydrogen) atoms. The average molecular weight is 254 g/mol. The highest BCUT2D eigenvalue weighted by molar-refractivity contribution is 8.14. The molecule has 1 unspecified atom stereocenters. The smallest absolute Gasteiger partial charge is 0.157 e. The molecule has 1 N–H and O–H groups in total. The molecule has 2 fully saturated rings. The maximum atomic E-state index is 4.84. The molecule has 0 bridgehead atoms.